The summed E-state index contributed by atoms with van der Waals surface area (Å²) in [6.45, 7) is -0.729. The van der Waals surface area contributed by atoms with Crippen LogP contribution in [0.2, 0.25) is 0 Å². The van der Waals surface area contributed by atoms with Gasteiger partial charge in [0.05, 0.1) is 36.0 Å². The van der Waals surface area contributed by atoms with Gasteiger partial charge in [0.25, 0.3) is 0 Å². The number of aromatic amines is 2. The molecule has 0 amide bonds. The molecule has 0 atom stereocenters. The first-order valence-electron chi connectivity index (χ1n) is 9.55. The summed E-state index contributed by atoms with van der Waals surface area (Å²) in [6.07, 6.45) is 7.09. The summed E-state index contributed by atoms with van der Waals surface area (Å²) < 4.78 is 0. The maximum absolute atomic E-state index is 8.17. The zero-order valence-electron chi connectivity index (χ0n) is 16.5. The first-order chi connectivity index (χ1) is 14.6. The molecule has 5 N–H and O–H groups in total. The number of hydrogen-bond acceptors (Lipinski definition) is 5. The number of nitrogens with zero attached hydrogens (tertiary/aromatic N) is 2. The number of aliphatic hydroxyl groups is 3. The maximum atomic E-state index is 8.17. The minimum atomic E-state index is -0.954. The molecular formula is C23H22CoN4O3. The molecule has 0 saturated carbocycles. The van der Waals surface area contributed by atoms with Gasteiger partial charge in [0.1, 0.15) is 6.10 Å². The monoisotopic (exact) mass is 461 g/mol. The Morgan fingerprint density at radius 1 is 0.613 bits per heavy atom. The standard InChI is InChI=1S/C20H14N4.C3H8O3.Co/c1-2-14-10-16-5-6-18(23-16)12-20-8-7-19(24-20)11-17-4-3-15(22-17)9-13(1)21-14;4-1-3(6)2-5;/h1-12,21-22H;3-6H,1-2H2;. The molecule has 0 saturated heterocycles. The summed E-state index contributed by atoms with van der Waals surface area (Å²) in [6, 6.07) is 16.4. The molecule has 0 aromatic carbocycles. The first-order valence-corrected chi connectivity index (χ1v) is 9.55. The summed E-state index contributed by atoms with van der Waals surface area (Å²) in [7, 11) is 0. The molecule has 161 valence electrons. The zero-order valence-corrected chi connectivity index (χ0v) is 17.5. The van der Waals surface area contributed by atoms with Crippen molar-refractivity contribution in [3.8, 4) is 0 Å². The van der Waals surface area contributed by atoms with Gasteiger partial charge in [-0.2, -0.15) is 0 Å². The second kappa shape index (κ2) is 10.3. The van der Waals surface area contributed by atoms with Crippen LogP contribution in [-0.2, 0) is 16.8 Å². The van der Waals surface area contributed by atoms with E-state index in [1.807, 2.05) is 42.5 Å². The summed E-state index contributed by atoms with van der Waals surface area (Å²) in [5.41, 5.74) is 7.86. The number of fused-ring (bicyclic) bond motifs is 8. The molecule has 2 aliphatic rings. The Morgan fingerprint density at radius 2 is 0.968 bits per heavy atom. The zero-order chi connectivity index (χ0) is 20.9. The summed E-state index contributed by atoms with van der Waals surface area (Å²) in [5.74, 6) is 0. The van der Waals surface area contributed by atoms with E-state index in [1.54, 1.807) is 0 Å². The number of aliphatic hydroxyl groups excluding tert-OH is 3. The smallest absolute Gasteiger partial charge is 0.100 e. The van der Waals surface area contributed by atoms with Gasteiger partial charge < -0.3 is 25.3 Å². The normalized spacial score (nSPS) is 11.7. The van der Waals surface area contributed by atoms with E-state index in [2.05, 4.69) is 50.3 Å². The molecular weight excluding hydrogens is 439 g/mol. The van der Waals surface area contributed by atoms with Crippen LogP contribution in [0.1, 0.15) is 22.8 Å². The molecule has 31 heavy (non-hydrogen) atoms. The van der Waals surface area contributed by atoms with Crippen molar-refractivity contribution in [1.82, 2.24) is 19.9 Å². The van der Waals surface area contributed by atoms with Crippen molar-refractivity contribution in [2.75, 3.05) is 13.2 Å². The third-order valence-corrected chi connectivity index (χ3v) is 4.46. The molecule has 8 bridgehead atoms. The fourth-order valence-electron chi connectivity index (χ4n) is 3.00. The van der Waals surface area contributed by atoms with Crippen molar-refractivity contribution in [2.45, 2.75) is 6.10 Å². The van der Waals surface area contributed by atoms with E-state index in [-0.39, 0.29) is 30.0 Å². The Balaban J connectivity index is 0.000000346. The minimum absolute atomic E-state index is 0. The van der Waals surface area contributed by atoms with Crippen LogP contribution in [-0.4, -0.2) is 54.6 Å². The van der Waals surface area contributed by atoms with Crippen molar-refractivity contribution in [3.63, 3.8) is 0 Å². The van der Waals surface area contributed by atoms with E-state index in [0.717, 1.165) is 44.8 Å². The Hall–Kier alpha value is -3.01. The minimum Gasteiger partial charge on any atom is -0.394 e. The molecule has 0 fully saturated rings. The van der Waals surface area contributed by atoms with E-state index in [4.69, 9.17) is 15.3 Å². The number of nitrogens with one attached hydrogen (secondary N) is 2. The number of H-pyrrole nitrogens is 2. The quantitative estimate of drug-likeness (QED) is 0.277. The van der Waals surface area contributed by atoms with Crippen LogP contribution in [0.5, 0.6) is 0 Å². The van der Waals surface area contributed by atoms with Gasteiger partial charge in [0, 0.05) is 38.8 Å². The third-order valence-electron chi connectivity index (χ3n) is 4.46. The van der Waals surface area contributed by atoms with Crippen molar-refractivity contribution in [1.29, 1.82) is 0 Å². The fraction of sp³-hybridized carbons (Fsp3) is 0.130. The van der Waals surface area contributed by atoms with Crippen LogP contribution in [0.25, 0.3) is 46.4 Å². The van der Waals surface area contributed by atoms with Gasteiger partial charge >= 0.3 is 0 Å². The maximum Gasteiger partial charge on any atom is 0.100 e. The van der Waals surface area contributed by atoms with E-state index in [0.29, 0.717) is 0 Å². The molecule has 5 rings (SSSR count). The molecule has 7 nitrogen and oxygen atoms in total. The third kappa shape index (κ3) is 6.00. The second-order valence-electron chi connectivity index (χ2n) is 6.92. The van der Waals surface area contributed by atoms with Gasteiger partial charge in [-0.15, -0.1) is 0 Å². The van der Waals surface area contributed by atoms with Crippen LogP contribution < -0.4 is 0 Å². The average molecular weight is 461 g/mol. The number of aromatic nitrogens is 4. The predicted octanol–water partition coefficient (Wildman–Crippen LogP) is 2.99. The molecule has 0 spiro atoms. The topological polar surface area (TPSA) is 118 Å². The van der Waals surface area contributed by atoms with Gasteiger partial charge in [0.15, 0.2) is 0 Å². The van der Waals surface area contributed by atoms with Crippen LogP contribution in [0.3, 0.4) is 0 Å². The van der Waals surface area contributed by atoms with Gasteiger partial charge in [-0.3, -0.25) is 0 Å². The van der Waals surface area contributed by atoms with E-state index >= 15 is 0 Å². The molecule has 3 aromatic rings. The summed E-state index contributed by atoms with van der Waals surface area (Å²) in [4.78, 5) is 16.0. The van der Waals surface area contributed by atoms with Gasteiger partial charge in [-0.1, -0.05) is 0 Å². The van der Waals surface area contributed by atoms with Crippen LogP contribution in [0, 0.1) is 0 Å². The predicted molar refractivity (Wildman–Crippen MR) is 119 cm³/mol. The largest absolute Gasteiger partial charge is 0.394 e. The fourth-order valence-corrected chi connectivity index (χ4v) is 3.00. The van der Waals surface area contributed by atoms with Crippen molar-refractivity contribution < 1.29 is 32.1 Å². The second-order valence-corrected chi connectivity index (χ2v) is 6.92. The van der Waals surface area contributed by atoms with Crippen molar-refractivity contribution >= 4 is 46.4 Å². The molecule has 0 unspecified atom stereocenters. The van der Waals surface area contributed by atoms with Gasteiger partial charge in [-0.05, 0) is 72.8 Å². The Morgan fingerprint density at radius 3 is 1.32 bits per heavy atom. The number of rotatable bonds is 2. The Bertz CT molecular complexity index is 1170. The van der Waals surface area contributed by atoms with Gasteiger partial charge in [0.2, 0.25) is 0 Å². The SMILES string of the molecule is C1=Cc2cc3ccc(cc4ccc(cc5nc(cc1n2)C=C5)[nH]4)[nH]3.OCC(O)CO.[Co]. The van der Waals surface area contributed by atoms with Crippen LogP contribution >= 0.6 is 0 Å². The molecule has 0 aliphatic carbocycles. The number of hydrogen-bond donors (Lipinski definition) is 5. The average Bonchev–Trinajstić information content (AvgIpc) is 3.53. The molecule has 5 heterocycles. The molecule has 8 heteroatoms. The molecule has 1 radical (unpaired) electrons. The first kappa shape index (κ1) is 22.7. The van der Waals surface area contributed by atoms with Crippen molar-refractivity contribution in [2.24, 2.45) is 0 Å². The summed E-state index contributed by atoms with van der Waals surface area (Å²) >= 11 is 0. The summed E-state index contributed by atoms with van der Waals surface area (Å²) in [5, 5.41) is 24.0. The molecule has 3 aromatic heterocycles. The Kier molecular flexibility index (Phi) is 7.56. The van der Waals surface area contributed by atoms with Crippen LogP contribution in [0.4, 0.5) is 0 Å². The van der Waals surface area contributed by atoms with E-state index in [1.165, 1.54) is 0 Å². The molecule has 2 aliphatic heterocycles. The Labute approximate surface area is 189 Å². The van der Waals surface area contributed by atoms with Crippen molar-refractivity contribution in [3.05, 3.63) is 71.3 Å². The van der Waals surface area contributed by atoms with E-state index < -0.39 is 6.10 Å². The van der Waals surface area contributed by atoms with Gasteiger partial charge in [-0.25, -0.2) is 9.97 Å². The van der Waals surface area contributed by atoms with Crippen LogP contribution in [0.15, 0.2) is 48.5 Å². The van der Waals surface area contributed by atoms with E-state index in [9.17, 15) is 0 Å².